The number of benzene rings is 6. The molecule has 9 aromatic rings. The molecule has 2 N–H and O–H groups in total. The van der Waals surface area contributed by atoms with E-state index >= 15 is 0 Å². The molecule has 9 rings (SSSR count). The van der Waals surface area contributed by atoms with Gasteiger partial charge < -0.3 is 10.3 Å². The molecule has 242 valence electrons. The van der Waals surface area contributed by atoms with Gasteiger partial charge in [0.05, 0.1) is 39.2 Å². The van der Waals surface area contributed by atoms with Crippen molar-refractivity contribution in [2.24, 2.45) is 10.7 Å². The summed E-state index contributed by atoms with van der Waals surface area (Å²) in [7, 11) is 0. The van der Waals surface area contributed by atoms with E-state index in [0.717, 1.165) is 44.7 Å². The van der Waals surface area contributed by atoms with Crippen LogP contribution in [0, 0.1) is 0 Å². The number of hydrogen-bond acceptors (Lipinski definition) is 3. The number of rotatable bonds is 7. The van der Waals surface area contributed by atoms with Crippen molar-refractivity contribution in [2.45, 2.75) is 0 Å². The van der Waals surface area contributed by atoms with Crippen LogP contribution in [0.4, 0.5) is 0 Å². The van der Waals surface area contributed by atoms with Gasteiger partial charge >= 0.3 is 0 Å². The van der Waals surface area contributed by atoms with Crippen molar-refractivity contribution < 1.29 is 0 Å². The highest BCUT2D eigenvalue weighted by molar-refractivity contribution is 6.26. The van der Waals surface area contributed by atoms with E-state index in [1.165, 1.54) is 21.5 Å². The Morgan fingerprint density at radius 3 is 1.88 bits per heavy atom. The minimum Gasteiger partial charge on any atom is -0.398 e. The minimum absolute atomic E-state index is 0.541. The molecule has 5 nitrogen and oxygen atoms in total. The summed E-state index contributed by atoms with van der Waals surface area (Å²) in [6.07, 6.45) is 1.91. The SMILES string of the molecule is C=C(N=C(/C=C(\N)c1ccccc1)c1ccccc1)c1cccc(-n2c3ccccc3c3ccc4c(c5ccccc5n4-c4ccccc4)c32)n1. The smallest absolute Gasteiger partial charge is 0.138 e. The zero-order valence-corrected chi connectivity index (χ0v) is 27.8. The first-order valence-electron chi connectivity index (χ1n) is 17.0. The first kappa shape index (κ1) is 30.1. The van der Waals surface area contributed by atoms with Gasteiger partial charge in [0, 0.05) is 38.5 Å². The van der Waals surface area contributed by atoms with Gasteiger partial charge in [-0.25, -0.2) is 9.98 Å². The quantitative estimate of drug-likeness (QED) is 0.174. The maximum Gasteiger partial charge on any atom is 0.138 e. The lowest BCUT2D eigenvalue weighted by Crippen LogP contribution is -2.05. The first-order chi connectivity index (χ1) is 25.2. The van der Waals surface area contributed by atoms with Crippen molar-refractivity contribution in [3.63, 3.8) is 0 Å². The lowest BCUT2D eigenvalue weighted by atomic mass is 10.1. The van der Waals surface area contributed by atoms with Crippen molar-refractivity contribution in [1.82, 2.24) is 14.1 Å². The van der Waals surface area contributed by atoms with Crippen molar-refractivity contribution in [3.8, 4) is 11.5 Å². The Morgan fingerprint density at radius 2 is 1.16 bits per heavy atom. The summed E-state index contributed by atoms with van der Waals surface area (Å²) in [4.78, 5) is 10.3. The molecule has 0 spiro atoms. The Morgan fingerprint density at radius 1 is 0.549 bits per heavy atom. The number of fused-ring (bicyclic) bond motifs is 7. The Hall–Kier alpha value is -6.98. The van der Waals surface area contributed by atoms with Crippen LogP contribution in [-0.4, -0.2) is 19.8 Å². The molecule has 0 aliphatic rings. The molecule has 0 atom stereocenters. The molecule has 0 saturated carbocycles. The van der Waals surface area contributed by atoms with E-state index in [1.54, 1.807) is 0 Å². The Bertz CT molecular complexity index is 2810. The van der Waals surface area contributed by atoms with Crippen molar-refractivity contribution in [2.75, 3.05) is 0 Å². The fourth-order valence-corrected chi connectivity index (χ4v) is 7.16. The number of para-hydroxylation sites is 3. The van der Waals surface area contributed by atoms with Crippen LogP contribution in [0.3, 0.4) is 0 Å². The summed E-state index contributed by atoms with van der Waals surface area (Å²) in [5.74, 6) is 0.791. The second-order valence-corrected chi connectivity index (χ2v) is 12.6. The van der Waals surface area contributed by atoms with E-state index in [1.807, 2.05) is 78.9 Å². The van der Waals surface area contributed by atoms with Crippen molar-refractivity contribution >= 4 is 60.7 Å². The summed E-state index contributed by atoms with van der Waals surface area (Å²) in [6, 6.07) is 58.3. The van der Waals surface area contributed by atoms with Crippen molar-refractivity contribution in [1.29, 1.82) is 0 Å². The van der Waals surface area contributed by atoms with E-state index in [-0.39, 0.29) is 0 Å². The van der Waals surface area contributed by atoms with E-state index in [9.17, 15) is 0 Å². The summed E-state index contributed by atoms with van der Waals surface area (Å²) in [5.41, 5.74) is 16.6. The van der Waals surface area contributed by atoms with E-state index in [4.69, 9.17) is 15.7 Å². The lowest BCUT2D eigenvalue weighted by molar-refractivity contribution is 1.07. The Labute approximate surface area is 295 Å². The van der Waals surface area contributed by atoms with Gasteiger partial charge in [-0.15, -0.1) is 0 Å². The molecular formula is C46H33N5. The summed E-state index contributed by atoms with van der Waals surface area (Å²) >= 11 is 0. The molecule has 0 aliphatic carbocycles. The lowest BCUT2D eigenvalue weighted by Gasteiger charge is -2.11. The van der Waals surface area contributed by atoms with Crippen LogP contribution in [-0.2, 0) is 0 Å². The molecule has 51 heavy (non-hydrogen) atoms. The molecular weight excluding hydrogens is 623 g/mol. The number of aliphatic imine (C=N–C) groups is 1. The zero-order chi connectivity index (χ0) is 34.3. The molecule has 0 fully saturated rings. The number of pyridine rings is 1. The summed E-state index contributed by atoms with van der Waals surface area (Å²) in [6.45, 7) is 4.41. The zero-order valence-electron chi connectivity index (χ0n) is 27.8. The van der Waals surface area contributed by atoms with E-state index < -0.39 is 0 Å². The van der Waals surface area contributed by atoms with Gasteiger partial charge in [0.2, 0.25) is 0 Å². The first-order valence-corrected chi connectivity index (χ1v) is 17.0. The fraction of sp³-hybridized carbons (Fsp3) is 0. The average molecular weight is 656 g/mol. The van der Waals surface area contributed by atoms with Crippen LogP contribution >= 0.6 is 0 Å². The molecule has 5 heteroatoms. The molecule has 3 aromatic heterocycles. The second kappa shape index (κ2) is 12.5. The fourth-order valence-electron chi connectivity index (χ4n) is 7.16. The predicted octanol–water partition coefficient (Wildman–Crippen LogP) is 10.7. The number of hydrogen-bond donors (Lipinski definition) is 1. The third-order valence-corrected chi connectivity index (χ3v) is 9.47. The highest BCUT2D eigenvalue weighted by Crippen LogP contribution is 2.41. The minimum atomic E-state index is 0.541. The van der Waals surface area contributed by atoms with Crippen LogP contribution in [0.5, 0.6) is 0 Å². The molecule has 0 bridgehead atoms. The summed E-state index contributed by atoms with van der Waals surface area (Å²) < 4.78 is 4.65. The Balaban J connectivity index is 1.25. The molecule has 3 heterocycles. The van der Waals surface area contributed by atoms with E-state index in [2.05, 4.69) is 113 Å². The molecule has 0 saturated heterocycles. The molecule has 0 amide bonds. The molecule has 0 radical (unpaired) electrons. The molecule has 6 aromatic carbocycles. The topological polar surface area (TPSA) is 61.1 Å². The van der Waals surface area contributed by atoms with Gasteiger partial charge in [-0.3, -0.25) is 4.57 Å². The van der Waals surface area contributed by atoms with Crippen LogP contribution in [0.2, 0.25) is 0 Å². The number of allylic oxidation sites excluding steroid dienone is 1. The predicted molar refractivity (Wildman–Crippen MR) is 214 cm³/mol. The average Bonchev–Trinajstić information content (AvgIpc) is 3.71. The van der Waals surface area contributed by atoms with Gasteiger partial charge in [0.25, 0.3) is 0 Å². The second-order valence-electron chi connectivity index (χ2n) is 12.6. The third-order valence-electron chi connectivity index (χ3n) is 9.47. The number of nitrogens with two attached hydrogens (primary N) is 1. The van der Waals surface area contributed by atoms with Gasteiger partial charge in [-0.1, -0.05) is 134 Å². The normalized spacial score (nSPS) is 12.3. The van der Waals surface area contributed by atoms with Gasteiger partial charge in [0.15, 0.2) is 0 Å². The molecule has 0 unspecified atom stereocenters. The Kier molecular flexibility index (Phi) is 7.37. The third kappa shape index (κ3) is 5.20. The van der Waals surface area contributed by atoms with Gasteiger partial charge in [-0.2, -0.15) is 0 Å². The highest BCUT2D eigenvalue weighted by Gasteiger charge is 2.21. The standard InChI is InChI=1S/C46H33N5/c1-31(48-40(33-18-7-3-8-19-33)30-38(47)32-16-5-2-6-17-32)39-24-15-27-44(49-39)51-41-25-13-11-22-35(41)36-28-29-43-45(46(36)51)37-23-12-14-26-42(37)50(43)34-20-9-4-10-21-34/h2-30H,1,47H2/b38-30-,48-40?. The monoisotopic (exact) mass is 655 g/mol. The maximum absolute atomic E-state index is 6.60. The summed E-state index contributed by atoms with van der Waals surface area (Å²) in [5, 5.41) is 4.71. The highest BCUT2D eigenvalue weighted by atomic mass is 15.1. The van der Waals surface area contributed by atoms with Crippen molar-refractivity contribution in [3.05, 3.63) is 199 Å². The largest absolute Gasteiger partial charge is 0.398 e. The van der Waals surface area contributed by atoms with Gasteiger partial charge in [0.1, 0.15) is 5.82 Å². The van der Waals surface area contributed by atoms with Crippen LogP contribution in [0.25, 0.3) is 66.5 Å². The number of nitrogens with zero attached hydrogens (tertiary/aromatic N) is 4. The maximum atomic E-state index is 6.60. The van der Waals surface area contributed by atoms with Crippen LogP contribution in [0.15, 0.2) is 188 Å². The number of aromatic nitrogens is 3. The van der Waals surface area contributed by atoms with Crippen LogP contribution in [0.1, 0.15) is 16.8 Å². The van der Waals surface area contributed by atoms with E-state index in [0.29, 0.717) is 22.8 Å². The van der Waals surface area contributed by atoms with Crippen LogP contribution < -0.4 is 5.73 Å². The van der Waals surface area contributed by atoms with Gasteiger partial charge in [-0.05, 0) is 54.1 Å². The molecule has 0 aliphatic heterocycles.